The zero-order chi connectivity index (χ0) is 16.4. The van der Waals surface area contributed by atoms with Gasteiger partial charge in [-0.25, -0.2) is 13.8 Å². The number of nitrogens with zero attached hydrogens (tertiary/aromatic N) is 1. The molecule has 116 valence electrons. The summed E-state index contributed by atoms with van der Waals surface area (Å²) in [6.07, 6.45) is 0. The summed E-state index contributed by atoms with van der Waals surface area (Å²) in [6.45, 7) is 0. The lowest BCUT2D eigenvalue weighted by atomic mass is 10.2. The summed E-state index contributed by atoms with van der Waals surface area (Å²) < 4.78 is 26.5. The van der Waals surface area contributed by atoms with Crippen LogP contribution < -0.4 is 5.32 Å². The molecule has 1 heterocycles. The van der Waals surface area contributed by atoms with Crippen molar-refractivity contribution in [2.75, 3.05) is 5.32 Å². The molecular formula is C16H9ClF2N2OS. The predicted molar refractivity (Wildman–Crippen MR) is 86.9 cm³/mol. The van der Waals surface area contributed by atoms with Gasteiger partial charge < -0.3 is 0 Å². The van der Waals surface area contributed by atoms with Crippen LogP contribution in [0.25, 0.3) is 11.3 Å². The molecule has 0 unspecified atom stereocenters. The fourth-order valence-corrected chi connectivity index (χ4v) is 2.90. The first-order chi connectivity index (χ1) is 11.0. The number of aromatic nitrogens is 1. The summed E-state index contributed by atoms with van der Waals surface area (Å²) in [4.78, 5) is 16.3. The Kier molecular flexibility index (Phi) is 4.36. The van der Waals surface area contributed by atoms with Crippen molar-refractivity contribution < 1.29 is 13.6 Å². The van der Waals surface area contributed by atoms with Crippen molar-refractivity contribution in [1.29, 1.82) is 0 Å². The summed E-state index contributed by atoms with van der Waals surface area (Å²) in [6, 6.07) is 9.94. The molecule has 0 saturated heterocycles. The zero-order valence-corrected chi connectivity index (χ0v) is 13.1. The Balaban J connectivity index is 1.82. The number of nitrogens with one attached hydrogen (secondary N) is 1. The van der Waals surface area contributed by atoms with Crippen LogP contribution in [0.3, 0.4) is 0 Å². The smallest absolute Gasteiger partial charge is 0.260 e. The summed E-state index contributed by atoms with van der Waals surface area (Å²) >= 11 is 7.28. The van der Waals surface area contributed by atoms with Gasteiger partial charge >= 0.3 is 0 Å². The third-order valence-electron chi connectivity index (χ3n) is 3.05. The van der Waals surface area contributed by atoms with Crippen LogP contribution in [0.2, 0.25) is 5.02 Å². The Bertz CT molecular complexity index is 882. The number of rotatable bonds is 3. The summed E-state index contributed by atoms with van der Waals surface area (Å²) in [5.74, 6) is -2.36. The molecule has 3 rings (SSSR count). The lowest BCUT2D eigenvalue weighted by molar-refractivity contribution is 0.102. The van der Waals surface area contributed by atoms with Gasteiger partial charge in [-0.1, -0.05) is 29.8 Å². The van der Waals surface area contributed by atoms with Gasteiger partial charge in [0, 0.05) is 22.0 Å². The minimum atomic E-state index is -0.926. The van der Waals surface area contributed by atoms with Crippen LogP contribution in [0.15, 0.2) is 47.8 Å². The SMILES string of the molecule is O=C(Nc1nc(-c2ccccc2Cl)cs1)c1ccc(F)cc1F. The van der Waals surface area contributed by atoms with Crippen molar-refractivity contribution in [3.8, 4) is 11.3 Å². The Hall–Kier alpha value is -2.31. The van der Waals surface area contributed by atoms with Crippen molar-refractivity contribution in [2.45, 2.75) is 0 Å². The fourth-order valence-electron chi connectivity index (χ4n) is 1.96. The molecule has 0 spiro atoms. The molecular weight excluding hydrogens is 342 g/mol. The maximum absolute atomic E-state index is 13.6. The highest BCUT2D eigenvalue weighted by Crippen LogP contribution is 2.30. The number of hydrogen-bond donors (Lipinski definition) is 1. The largest absolute Gasteiger partial charge is 0.298 e. The van der Waals surface area contributed by atoms with E-state index in [1.165, 1.54) is 11.3 Å². The van der Waals surface area contributed by atoms with Crippen molar-refractivity contribution in [1.82, 2.24) is 4.98 Å². The molecule has 23 heavy (non-hydrogen) atoms. The van der Waals surface area contributed by atoms with Gasteiger partial charge in [-0.15, -0.1) is 11.3 Å². The Morgan fingerprint density at radius 1 is 1.17 bits per heavy atom. The number of benzene rings is 2. The molecule has 0 radical (unpaired) electrons. The molecule has 1 N–H and O–H groups in total. The van der Waals surface area contributed by atoms with Gasteiger partial charge in [-0.2, -0.15) is 0 Å². The predicted octanol–water partition coefficient (Wildman–Crippen LogP) is 4.99. The molecule has 3 nitrogen and oxygen atoms in total. The van der Waals surface area contributed by atoms with Gasteiger partial charge in [-0.05, 0) is 18.2 Å². The van der Waals surface area contributed by atoms with Crippen LogP contribution in [0.5, 0.6) is 0 Å². The van der Waals surface area contributed by atoms with Crippen LogP contribution >= 0.6 is 22.9 Å². The summed E-state index contributed by atoms with van der Waals surface area (Å²) in [5.41, 5.74) is 1.09. The van der Waals surface area contributed by atoms with Crippen LogP contribution in [0.1, 0.15) is 10.4 Å². The highest BCUT2D eigenvalue weighted by Gasteiger charge is 2.15. The molecule has 7 heteroatoms. The third kappa shape index (κ3) is 3.38. The van der Waals surface area contributed by atoms with E-state index in [9.17, 15) is 13.6 Å². The number of hydrogen-bond acceptors (Lipinski definition) is 3. The third-order valence-corrected chi connectivity index (χ3v) is 4.14. The highest BCUT2D eigenvalue weighted by molar-refractivity contribution is 7.14. The van der Waals surface area contributed by atoms with Crippen LogP contribution in [0.4, 0.5) is 13.9 Å². The van der Waals surface area contributed by atoms with E-state index in [1.54, 1.807) is 17.5 Å². The molecule has 2 aromatic carbocycles. The van der Waals surface area contributed by atoms with Crippen LogP contribution in [-0.2, 0) is 0 Å². The van der Waals surface area contributed by atoms with E-state index in [4.69, 9.17) is 11.6 Å². The number of anilines is 1. The van der Waals surface area contributed by atoms with Gasteiger partial charge in [0.1, 0.15) is 11.6 Å². The maximum Gasteiger partial charge on any atom is 0.260 e. The first-order valence-corrected chi connectivity index (χ1v) is 7.77. The van der Waals surface area contributed by atoms with Gasteiger partial charge in [0.05, 0.1) is 11.3 Å². The van der Waals surface area contributed by atoms with E-state index < -0.39 is 17.5 Å². The first-order valence-electron chi connectivity index (χ1n) is 6.51. The van der Waals surface area contributed by atoms with Crippen molar-refractivity contribution >= 4 is 34.0 Å². The monoisotopic (exact) mass is 350 g/mol. The lowest BCUT2D eigenvalue weighted by Gasteiger charge is -2.03. The Morgan fingerprint density at radius 2 is 1.96 bits per heavy atom. The molecule has 0 bridgehead atoms. The molecule has 0 aliphatic carbocycles. The van der Waals surface area contributed by atoms with E-state index in [1.807, 2.05) is 12.1 Å². The lowest BCUT2D eigenvalue weighted by Crippen LogP contribution is -2.13. The fraction of sp³-hybridized carbons (Fsp3) is 0. The van der Waals surface area contributed by atoms with E-state index in [2.05, 4.69) is 10.3 Å². The minimum Gasteiger partial charge on any atom is -0.298 e. The number of amides is 1. The topological polar surface area (TPSA) is 42.0 Å². The zero-order valence-electron chi connectivity index (χ0n) is 11.5. The minimum absolute atomic E-state index is 0.249. The van der Waals surface area contributed by atoms with Crippen molar-refractivity contribution in [2.24, 2.45) is 0 Å². The van der Waals surface area contributed by atoms with Gasteiger partial charge in [0.25, 0.3) is 5.91 Å². The molecule has 3 aromatic rings. The van der Waals surface area contributed by atoms with E-state index in [-0.39, 0.29) is 5.56 Å². The number of thiazole rings is 1. The first kappa shape index (κ1) is 15.6. The molecule has 0 aliphatic rings. The maximum atomic E-state index is 13.6. The summed E-state index contributed by atoms with van der Waals surface area (Å²) in [5, 5.41) is 5.07. The van der Waals surface area contributed by atoms with Crippen LogP contribution in [-0.4, -0.2) is 10.9 Å². The number of carbonyl (C=O) groups is 1. The van der Waals surface area contributed by atoms with Gasteiger partial charge in [0.15, 0.2) is 5.13 Å². The van der Waals surface area contributed by atoms with E-state index in [0.29, 0.717) is 21.9 Å². The number of carbonyl (C=O) groups excluding carboxylic acids is 1. The quantitative estimate of drug-likeness (QED) is 0.722. The number of halogens is 3. The van der Waals surface area contributed by atoms with Gasteiger partial charge in [0.2, 0.25) is 0 Å². The van der Waals surface area contributed by atoms with Crippen molar-refractivity contribution in [3.63, 3.8) is 0 Å². The second-order valence-corrected chi connectivity index (χ2v) is 5.86. The second kappa shape index (κ2) is 6.44. The highest BCUT2D eigenvalue weighted by atomic mass is 35.5. The average Bonchev–Trinajstić information content (AvgIpc) is 2.95. The molecule has 0 aliphatic heterocycles. The molecule has 0 saturated carbocycles. The normalized spacial score (nSPS) is 10.6. The Morgan fingerprint density at radius 3 is 2.70 bits per heavy atom. The standard InChI is InChI=1S/C16H9ClF2N2OS/c17-12-4-2-1-3-10(12)14-8-23-16(20-14)21-15(22)11-6-5-9(18)7-13(11)19/h1-8H,(H,20,21,22). The molecule has 1 amide bonds. The molecule has 0 atom stereocenters. The average molecular weight is 351 g/mol. The van der Waals surface area contributed by atoms with Crippen molar-refractivity contribution in [3.05, 3.63) is 70.1 Å². The van der Waals surface area contributed by atoms with Crippen LogP contribution in [0, 0.1) is 11.6 Å². The van der Waals surface area contributed by atoms with E-state index >= 15 is 0 Å². The van der Waals surface area contributed by atoms with E-state index in [0.717, 1.165) is 17.7 Å². The Labute approximate surface area is 139 Å². The summed E-state index contributed by atoms with van der Waals surface area (Å²) in [7, 11) is 0. The molecule has 1 aromatic heterocycles. The molecule has 0 fully saturated rings. The van der Waals surface area contributed by atoms with Gasteiger partial charge in [-0.3, -0.25) is 10.1 Å². The second-order valence-electron chi connectivity index (χ2n) is 4.60.